The summed E-state index contributed by atoms with van der Waals surface area (Å²) in [6, 6.07) is 0. The van der Waals surface area contributed by atoms with E-state index in [0.29, 0.717) is 19.6 Å². The van der Waals surface area contributed by atoms with Crippen LogP contribution < -0.4 is 5.32 Å². The third-order valence-corrected chi connectivity index (χ3v) is 6.51. The first-order chi connectivity index (χ1) is 12.5. The Bertz CT molecular complexity index is 508. The van der Waals surface area contributed by atoms with Crippen molar-refractivity contribution >= 4 is 12.0 Å². The van der Waals surface area contributed by atoms with Gasteiger partial charge in [0.15, 0.2) is 0 Å². The van der Waals surface area contributed by atoms with Crippen LogP contribution in [-0.4, -0.2) is 66.7 Å². The lowest BCUT2D eigenvalue weighted by molar-refractivity contribution is -0.146. The minimum Gasteiger partial charge on any atom is -0.441 e. The van der Waals surface area contributed by atoms with Crippen molar-refractivity contribution < 1.29 is 14.3 Å². The van der Waals surface area contributed by atoms with Gasteiger partial charge < -0.3 is 19.9 Å². The summed E-state index contributed by atoms with van der Waals surface area (Å²) in [4.78, 5) is 29.1. The number of hydrogen-bond donors (Lipinski definition) is 1. The van der Waals surface area contributed by atoms with Crippen molar-refractivity contribution in [3.05, 3.63) is 0 Å². The van der Waals surface area contributed by atoms with E-state index >= 15 is 0 Å². The number of carbonyl (C=O) groups excluding carboxylic acids is 2. The Labute approximate surface area is 157 Å². The first kappa shape index (κ1) is 19.5. The SMILES string of the molecule is CCCCCCN1CC2(CCN(C(=O)C3(C)CCNCC3)CC2)OC1=O. The number of amides is 2. The van der Waals surface area contributed by atoms with E-state index in [9.17, 15) is 9.59 Å². The zero-order valence-corrected chi connectivity index (χ0v) is 16.5. The fraction of sp³-hybridized carbons (Fsp3) is 0.900. The highest BCUT2D eigenvalue weighted by Crippen LogP contribution is 2.36. The Hall–Kier alpha value is -1.30. The number of hydrogen-bond acceptors (Lipinski definition) is 4. The molecule has 0 unspecified atom stereocenters. The minimum atomic E-state index is -0.367. The maximum Gasteiger partial charge on any atom is 0.410 e. The van der Waals surface area contributed by atoms with E-state index in [4.69, 9.17) is 4.74 Å². The Balaban J connectivity index is 1.50. The average molecular weight is 366 g/mol. The van der Waals surface area contributed by atoms with Gasteiger partial charge in [-0.2, -0.15) is 0 Å². The van der Waals surface area contributed by atoms with E-state index in [1.54, 1.807) is 0 Å². The lowest BCUT2D eigenvalue weighted by Gasteiger charge is -2.42. The maximum absolute atomic E-state index is 13.0. The summed E-state index contributed by atoms with van der Waals surface area (Å²) in [5.41, 5.74) is -0.596. The van der Waals surface area contributed by atoms with Crippen LogP contribution in [0.1, 0.15) is 65.2 Å². The van der Waals surface area contributed by atoms with Crippen molar-refractivity contribution in [1.29, 1.82) is 0 Å². The first-order valence-electron chi connectivity index (χ1n) is 10.5. The molecule has 26 heavy (non-hydrogen) atoms. The summed E-state index contributed by atoms with van der Waals surface area (Å²) < 4.78 is 5.80. The molecule has 0 aromatic rings. The van der Waals surface area contributed by atoms with Crippen molar-refractivity contribution in [2.45, 2.75) is 70.8 Å². The number of nitrogens with one attached hydrogen (secondary N) is 1. The van der Waals surface area contributed by atoms with Gasteiger partial charge in [-0.05, 0) is 32.4 Å². The molecular weight excluding hydrogens is 330 g/mol. The Morgan fingerprint density at radius 1 is 1.12 bits per heavy atom. The number of ether oxygens (including phenoxy) is 1. The van der Waals surface area contributed by atoms with Gasteiger partial charge >= 0.3 is 6.09 Å². The molecule has 6 heteroatoms. The smallest absolute Gasteiger partial charge is 0.410 e. The van der Waals surface area contributed by atoms with Crippen LogP contribution in [0.15, 0.2) is 0 Å². The predicted octanol–water partition coefficient (Wildman–Crippen LogP) is 2.77. The number of likely N-dealkylation sites (tertiary alicyclic amines) is 1. The molecule has 6 nitrogen and oxygen atoms in total. The fourth-order valence-electron chi connectivity index (χ4n) is 4.55. The van der Waals surface area contributed by atoms with E-state index in [1.165, 1.54) is 19.3 Å². The van der Waals surface area contributed by atoms with Gasteiger partial charge in [-0.3, -0.25) is 4.79 Å². The van der Waals surface area contributed by atoms with Crippen LogP contribution >= 0.6 is 0 Å². The molecule has 0 aliphatic carbocycles. The van der Waals surface area contributed by atoms with Crippen molar-refractivity contribution in [3.8, 4) is 0 Å². The van der Waals surface area contributed by atoms with Crippen LogP contribution in [-0.2, 0) is 9.53 Å². The first-order valence-corrected chi connectivity index (χ1v) is 10.5. The third-order valence-electron chi connectivity index (χ3n) is 6.51. The van der Waals surface area contributed by atoms with E-state index in [0.717, 1.165) is 51.7 Å². The topological polar surface area (TPSA) is 61.9 Å². The second-order valence-corrected chi connectivity index (χ2v) is 8.64. The van der Waals surface area contributed by atoms with E-state index in [-0.39, 0.29) is 23.0 Å². The van der Waals surface area contributed by atoms with Crippen LogP contribution in [0.2, 0.25) is 0 Å². The number of nitrogens with zero attached hydrogens (tertiary/aromatic N) is 2. The van der Waals surface area contributed by atoms with E-state index in [1.807, 2.05) is 9.80 Å². The predicted molar refractivity (Wildman–Crippen MR) is 101 cm³/mol. The Morgan fingerprint density at radius 3 is 2.46 bits per heavy atom. The highest BCUT2D eigenvalue weighted by molar-refractivity contribution is 5.82. The van der Waals surface area contributed by atoms with Gasteiger partial charge in [0.25, 0.3) is 0 Å². The lowest BCUT2D eigenvalue weighted by Crippen LogP contribution is -2.53. The second-order valence-electron chi connectivity index (χ2n) is 8.64. The summed E-state index contributed by atoms with van der Waals surface area (Å²) in [5, 5.41) is 3.34. The molecule has 3 saturated heterocycles. The van der Waals surface area contributed by atoms with Gasteiger partial charge in [0, 0.05) is 37.9 Å². The monoisotopic (exact) mass is 365 g/mol. The molecule has 3 heterocycles. The molecule has 0 atom stereocenters. The number of piperidine rings is 2. The third kappa shape index (κ3) is 4.16. The Kier molecular flexibility index (Phi) is 6.10. The van der Waals surface area contributed by atoms with Gasteiger partial charge in [-0.25, -0.2) is 4.79 Å². The fourth-order valence-corrected chi connectivity index (χ4v) is 4.55. The summed E-state index contributed by atoms with van der Waals surface area (Å²) in [6.45, 7) is 9.05. The molecule has 0 bridgehead atoms. The molecule has 148 valence electrons. The molecule has 3 rings (SSSR count). The molecule has 3 aliphatic rings. The normalized spacial score (nSPS) is 24.8. The summed E-state index contributed by atoms with van der Waals surface area (Å²) in [6.07, 6.45) is 7.84. The van der Waals surface area contributed by atoms with Crippen LogP contribution in [0, 0.1) is 5.41 Å². The molecule has 1 N–H and O–H groups in total. The molecule has 3 aliphatic heterocycles. The molecular formula is C20H35N3O3. The van der Waals surface area contributed by atoms with Crippen molar-refractivity contribution in [1.82, 2.24) is 15.1 Å². The zero-order chi connectivity index (χ0) is 18.6. The van der Waals surface area contributed by atoms with Gasteiger partial charge in [-0.1, -0.05) is 33.1 Å². The number of carbonyl (C=O) groups is 2. The second kappa shape index (κ2) is 8.15. The quantitative estimate of drug-likeness (QED) is 0.735. The van der Waals surface area contributed by atoms with Crippen LogP contribution in [0.3, 0.4) is 0 Å². The Morgan fingerprint density at radius 2 is 1.81 bits per heavy atom. The lowest BCUT2D eigenvalue weighted by atomic mass is 9.78. The van der Waals surface area contributed by atoms with Crippen molar-refractivity contribution in [3.63, 3.8) is 0 Å². The largest absolute Gasteiger partial charge is 0.441 e. The van der Waals surface area contributed by atoms with Gasteiger partial charge in [0.05, 0.1) is 6.54 Å². The van der Waals surface area contributed by atoms with Gasteiger partial charge in [0.2, 0.25) is 5.91 Å². The number of rotatable bonds is 6. The molecule has 2 amide bonds. The summed E-state index contributed by atoms with van der Waals surface area (Å²) in [5.74, 6) is 0.287. The van der Waals surface area contributed by atoms with Gasteiger partial charge in [-0.15, -0.1) is 0 Å². The molecule has 0 aromatic heterocycles. The van der Waals surface area contributed by atoms with Gasteiger partial charge in [0.1, 0.15) is 5.60 Å². The maximum atomic E-state index is 13.0. The molecule has 3 fully saturated rings. The van der Waals surface area contributed by atoms with E-state index < -0.39 is 0 Å². The van der Waals surface area contributed by atoms with Crippen molar-refractivity contribution in [2.75, 3.05) is 39.3 Å². The highest BCUT2D eigenvalue weighted by atomic mass is 16.6. The zero-order valence-electron chi connectivity index (χ0n) is 16.5. The van der Waals surface area contributed by atoms with Crippen molar-refractivity contribution in [2.24, 2.45) is 5.41 Å². The summed E-state index contributed by atoms with van der Waals surface area (Å²) >= 11 is 0. The number of unbranched alkanes of at least 4 members (excludes halogenated alkanes) is 3. The average Bonchev–Trinajstić information content (AvgIpc) is 2.94. The highest BCUT2D eigenvalue weighted by Gasteiger charge is 2.48. The standard InChI is InChI=1S/C20H35N3O3/c1-3-4-5-6-13-23-16-20(26-18(23)25)9-14-22(15-10-20)17(24)19(2)7-11-21-12-8-19/h21H,3-16H2,1-2H3. The minimum absolute atomic E-state index is 0.161. The molecule has 0 aromatic carbocycles. The molecule has 0 saturated carbocycles. The summed E-state index contributed by atoms with van der Waals surface area (Å²) in [7, 11) is 0. The molecule has 1 spiro atoms. The van der Waals surface area contributed by atoms with Crippen LogP contribution in [0.4, 0.5) is 4.79 Å². The van der Waals surface area contributed by atoms with E-state index in [2.05, 4.69) is 19.2 Å². The molecule has 0 radical (unpaired) electrons. The van der Waals surface area contributed by atoms with Crippen LogP contribution in [0.5, 0.6) is 0 Å². The van der Waals surface area contributed by atoms with Crippen LogP contribution in [0.25, 0.3) is 0 Å².